The first-order valence-corrected chi connectivity index (χ1v) is 8.31. The second-order valence-corrected chi connectivity index (χ2v) is 5.80. The summed E-state index contributed by atoms with van der Waals surface area (Å²) in [5.41, 5.74) is 1.87. The Kier molecular flexibility index (Phi) is 6.95. The fraction of sp³-hybridized carbons (Fsp3) is 0.316. The molecule has 0 radical (unpaired) electrons. The van der Waals surface area contributed by atoms with E-state index in [9.17, 15) is 14.7 Å². The van der Waals surface area contributed by atoms with Crippen molar-refractivity contribution in [2.24, 2.45) is 0 Å². The van der Waals surface area contributed by atoms with Crippen LogP contribution in [0.15, 0.2) is 54.9 Å². The largest absolute Gasteiger partial charge is 0.480 e. The zero-order valence-corrected chi connectivity index (χ0v) is 14.3. The molecule has 0 bridgehead atoms. The van der Waals surface area contributed by atoms with E-state index in [1.165, 1.54) is 0 Å². The van der Waals surface area contributed by atoms with Crippen molar-refractivity contribution in [1.29, 1.82) is 0 Å². The molecule has 1 atom stereocenters. The first-order chi connectivity index (χ1) is 12.1. The highest BCUT2D eigenvalue weighted by Crippen LogP contribution is 2.16. The Morgan fingerprint density at radius 2 is 1.96 bits per heavy atom. The van der Waals surface area contributed by atoms with Gasteiger partial charge in [0.15, 0.2) is 0 Å². The van der Waals surface area contributed by atoms with Crippen molar-refractivity contribution in [3.05, 3.63) is 60.4 Å². The van der Waals surface area contributed by atoms with Crippen LogP contribution in [0.3, 0.4) is 0 Å². The lowest BCUT2D eigenvalue weighted by molar-refractivity contribution is -0.141. The molecule has 0 aliphatic carbocycles. The van der Waals surface area contributed by atoms with Gasteiger partial charge >= 0.3 is 5.97 Å². The minimum atomic E-state index is -1.01. The van der Waals surface area contributed by atoms with Gasteiger partial charge in [-0.2, -0.15) is 0 Å². The molecule has 2 rings (SSSR count). The predicted molar refractivity (Wildman–Crippen MR) is 96.2 cm³/mol. The van der Waals surface area contributed by atoms with Crippen LogP contribution in [0, 0.1) is 0 Å². The first-order valence-electron chi connectivity index (χ1n) is 8.31. The molecule has 0 saturated heterocycles. The molecule has 0 spiro atoms. The number of pyridine rings is 1. The summed E-state index contributed by atoms with van der Waals surface area (Å²) in [6.45, 7) is 2.48. The Labute approximate surface area is 147 Å². The van der Waals surface area contributed by atoms with Crippen LogP contribution in [-0.4, -0.2) is 34.6 Å². The van der Waals surface area contributed by atoms with Gasteiger partial charge in [0.2, 0.25) is 5.91 Å². The third-order valence-corrected chi connectivity index (χ3v) is 3.76. The van der Waals surface area contributed by atoms with Crippen molar-refractivity contribution in [2.75, 3.05) is 11.4 Å². The molecule has 2 N–H and O–H groups in total. The normalized spacial score (nSPS) is 11.6. The van der Waals surface area contributed by atoms with Gasteiger partial charge in [0.1, 0.15) is 6.04 Å². The summed E-state index contributed by atoms with van der Waals surface area (Å²) in [6.07, 6.45) is 4.56. The number of carbonyl (C=O) groups is 2. The van der Waals surface area contributed by atoms with Crippen molar-refractivity contribution in [2.45, 2.75) is 32.4 Å². The number of amides is 1. The third kappa shape index (κ3) is 5.91. The summed E-state index contributed by atoms with van der Waals surface area (Å²) in [7, 11) is 0. The summed E-state index contributed by atoms with van der Waals surface area (Å²) < 4.78 is 0. The third-order valence-electron chi connectivity index (χ3n) is 3.76. The Bertz CT molecular complexity index is 677. The molecule has 1 aromatic carbocycles. The van der Waals surface area contributed by atoms with Crippen LogP contribution < -0.4 is 10.2 Å². The van der Waals surface area contributed by atoms with Gasteiger partial charge in [-0.3, -0.25) is 9.78 Å². The molecule has 1 heterocycles. The predicted octanol–water partition coefficient (Wildman–Crippen LogP) is 2.46. The van der Waals surface area contributed by atoms with Crippen LogP contribution >= 0.6 is 0 Å². The first kappa shape index (κ1) is 18.4. The summed E-state index contributed by atoms with van der Waals surface area (Å²) in [4.78, 5) is 29.6. The van der Waals surface area contributed by atoms with Gasteiger partial charge < -0.3 is 15.3 Å². The summed E-state index contributed by atoms with van der Waals surface area (Å²) >= 11 is 0. The van der Waals surface area contributed by atoms with Crippen LogP contribution in [0.1, 0.15) is 25.3 Å². The van der Waals surface area contributed by atoms with E-state index in [1.807, 2.05) is 54.3 Å². The summed E-state index contributed by atoms with van der Waals surface area (Å²) in [5.74, 6) is -1.32. The van der Waals surface area contributed by atoms with Gasteiger partial charge in [0.05, 0.1) is 6.54 Å². The van der Waals surface area contributed by atoms with Crippen LogP contribution in [0.2, 0.25) is 0 Å². The fourth-order valence-corrected chi connectivity index (χ4v) is 2.55. The van der Waals surface area contributed by atoms with Gasteiger partial charge in [-0.1, -0.05) is 37.6 Å². The van der Waals surface area contributed by atoms with Crippen molar-refractivity contribution < 1.29 is 14.7 Å². The number of hydrogen-bond acceptors (Lipinski definition) is 4. The topological polar surface area (TPSA) is 82.5 Å². The smallest absolute Gasteiger partial charge is 0.326 e. The molecule has 1 aromatic heterocycles. The average molecular weight is 341 g/mol. The van der Waals surface area contributed by atoms with Gasteiger partial charge in [-0.25, -0.2) is 4.79 Å². The molecule has 1 unspecified atom stereocenters. The lowest BCUT2D eigenvalue weighted by Gasteiger charge is -2.25. The second-order valence-electron chi connectivity index (χ2n) is 5.80. The van der Waals surface area contributed by atoms with E-state index >= 15 is 0 Å². The van der Waals surface area contributed by atoms with E-state index in [0.717, 1.165) is 11.3 Å². The Balaban J connectivity index is 2.10. The van der Waals surface area contributed by atoms with Gasteiger partial charge in [0, 0.05) is 24.6 Å². The quantitative estimate of drug-likeness (QED) is 0.732. The molecule has 0 fully saturated rings. The van der Waals surface area contributed by atoms with E-state index in [-0.39, 0.29) is 12.5 Å². The second kappa shape index (κ2) is 9.42. The molecule has 0 aliphatic heterocycles. The minimum Gasteiger partial charge on any atom is -0.480 e. The van der Waals surface area contributed by atoms with Gasteiger partial charge in [-0.05, 0) is 30.2 Å². The number of nitrogens with one attached hydrogen (secondary N) is 1. The number of aromatic nitrogens is 1. The number of rotatable bonds is 9. The van der Waals surface area contributed by atoms with Gasteiger partial charge in [0.25, 0.3) is 0 Å². The number of benzene rings is 1. The van der Waals surface area contributed by atoms with Crippen LogP contribution in [0.5, 0.6) is 0 Å². The molecular formula is C19H23N3O3. The maximum atomic E-state index is 12.4. The number of carboxylic acids is 1. The zero-order chi connectivity index (χ0) is 18.1. The number of carboxylic acid groups (broad SMARTS) is 1. The Hall–Kier alpha value is -2.89. The SMILES string of the molecule is CCCC(NC(=O)CN(Cc1cccnc1)c1ccccc1)C(=O)O. The lowest BCUT2D eigenvalue weighted by Crippen LogP contribution is -2.45. The molecule has 1 amide bonds. The maximum absolute atomic E-state index is 12.4. The van der Waals surface area contributed by atoms with Gasteiger partial charge in [-0.15, -0.1) is 0 Å². The Morgan fingerprint density at radius 1 is 1.20 bits per heavy atom. The fourth-order valence-electron chi connectivity index (χ4n) is 2.55. The van der Waals surface area contributed by atoms with Crippen molar-refractivity contribution in [3.8, 4) is 0 Å². The lowest BCUT2D eigenvalue weighted by atomic mass is 10.1. The van der Waals surface area contributed by atoms with Crippen LogP contribution in [0.4, 0.5) is 5.69 Å². The molecular weight excluding hydrogens is 318 g/mol. The maximum Gasteiger partial charge on any atom is 0.326 e. The number of para-hydroxylation sites is 1. The van der Waals surface area contributed by atoms with Crippen LogP contribution in [-0.2, 0) is 16.1 Å². The van der Waals surface area contributed by atoms with Crippen molar-refractivity contribution in [3.63, 3.8) is 0 Å². The summed E-state index contributed by atoms with van der Waals surface area (Å²) in [6, 6.07) is 12.5. The molecule has 6 heteroatoms. The average Bonchev–Trinajstić information content (AvgIpc) is 2.62. The Morgan fingerprint density at radius 3 is 2.56 bits per heavy atom. The monoisotopic (exact) mass is 341 g/mol. The highest BCUT2D eigenvalue weighted by atomic mass is 16.4. The van der Waals surface area contributed by atoms with E-state index in [1.54, 1.807) is 12.4 Å². The van der Waals surface area contributed by atoms with E-state index in [0.29, 0.717) is 19.4 Å². The number of carbonyl (C=O) groups excluding carboxylic acids is 1. The van der Waals surface area contributed by atoms with E-state index in [4.69, 9.17) is 0 Å². The number of anilines is 1. The number of hydrogen-bond donors (Lipinski definition) is 2. The molecule has 6 nitrogen and oxygen atoms in total. The molecule has 25 heavy (non-hydrogen) atoms. The minimum absolute atomic E-state index is 0.0758. The number of nitrogens with zero attached hydrogens (tertiary/aromatic N) is 2. The zero-order valence-electron chi connectivity index (χ0n) is 14.3. The highest BCUT2D eigenvalue weighted by molar-refractivity contribution is 5.86. The standard InChI is InChI=1S/C19H23N3O3/c1-2-7-17(19(24)25)21-18(23)14-22(16-9-4-3-5-10-16)13-15-8-6-11-20-12-15/h3-6,8-12,17H,2,7,13-14H2,1H3,(H,21,23)(H,24,25). The van der Waals surface area contributed by atoms with Crippen molar-refractivity contribution in [1.82, 2.24) is 10.3 Å². The molecule has 0 aliphatic rings. The van der Waals surface area contributed by atoms with Crippen molar-refractivity contribution >= 4 is 17.6 Å². The molecule has 0 saturated carbocycles. The highest BCUT2D eigenvalue weighted by Gasteiger charge is 2.20. The number of aliphatic carboxylic acids is 1. The summed E-state index contributed by atoms with van der Waals surface area (Å²) in [5, 5.41) is 11.8. The van der Waals surface area contributed by atoms with E-state index in [2.05, 4.69) is 10.3 Å². The molecule has 2 aromatic rings. The van der Waals surface area contributed by atoms with E-state index < -0.39 is 12.0 Å². The molecule has 132 valence electrons. The van der Waals surface area contributed by atoms with Crippen LogP contribution in [0.25, 0.3) is 0 Å².